The number of thioether (sulfide) groups is 1. The maximum atomic E-state index is 12.9. The zero-order valence-electron chi connectivity index (χ0n) is 15.6. The van der Waals surface area contributed by atoms with E-state index in [-0.39, 0.29) is 18.0 Å². The number of amides is 1. The molecule has 0 bridgehead atoms. The van der Waals surface area contributed by atoms with E-state index in [2.05, 4.69) is 35.9 Å². The summed E-state index contributed by atoms with van der Waals surface area (Å²) in [6, 6.07) is 8.33. The lowest BCUT2D eigenvalue weighted by molar-refractivity contribution is -0.133. The molecule has 2 heterocycles. The molecule has 1 aliphatic rings. The number of rotatable bonds is 6. The van der Waals surface area contributed by atoms with Gasteiger partial charge in [0.05, 0.1) is 25.4 Å². The molecule has 1 unspecified atom stereocenters. The van der Waals surface area contributed by atoms with Crippen LogP contribution in [0.1, 0.15) is 32.3 Å². The van der Waals surface area contributed by atoms with Gasteiger partial charge in [-0.1, -0.05) is 26.0 Å². The van der Waals surface area contributed by atoms with Crippen LogP contribution in [-0.2, 0) is 11.2 Å². The third-order valence-corrected chi connectivity index (χ3v) is 5.27. The highest BCUT2D eigenvalue weighted by atomic mass is 32.2. The lowest BCUT2D eigenvalue weighted by Gasteiger charge is -2.32. The fourth-order valence-corrected chi connectivity index (χ4v) is 3.85. The predicted octanol–water partition coefficient (Wildman–Crippen LogP) is 3.73. The summed E-state index contributed by atoms with van der Waals surface area (Å²) in [5.41, 5.74) is 1.01. The van der Waals surface area contributed by atoms with Crippen LogP contribution in [0.4, 0.5) is 4.39 Å². The third kappa shape index (κ3) is 5.92. The number of carbonyl (C=O) groups is 1. The van der Waals surface area contributed by atoms with Crippen LogP contribution in [0, 0.1) is 5.82 Å². The van der Waals surface area contributed by atoms with Crippen molar-refractivity contribution < 1.29 is 13.9 Å². The van der Waals surface area contributed by atoms with Crippen molar-refractivity contribution in [3.05, 3.63) is 48.0 Å². The fourth-order valence-electron chi connectivity index (χ4n) is 3.02. The third-order valence-electron chi connectivity index (χ3n) is 4.25. The first-order chi connectivity index (χ1) is 13.0. The minimum absolute atomic E-state index is 0.0904. The van der Waals surface area contributed by atoms with Crippen LogP contribution >= 0.6 is 11.8 Å². The van der Waals surface area contributed by atoms with Crippen LogP contribution in [-0.4, -0.2) is 45.2 Å². The number of aromatic nitrogens is 2. The fraction of sp³-hybridized carbons (Fsp3) is 0.450. The topological polar surface area (TPSA) is 55.3 Å². The number of nitrogens with zero attached hydrogens (tertiary/aromatic N) is 3. The number of benzene rings is 1. The molecule has 0 spiro atoms. The molecule has 0 N–H and O–H groups in total. The van der Waals surface area contributed by atoms with Gasteiger partial charge in [-0.05, 0) is 30.5 Å². The molecular weight excluding hydrogens is 365 g/mol. The number of likely N-dealkylation sites (tertiary alicyclic amines) is 1. The van der Waals surface area contributed by atoms with E-state index in [1.807, 2.05) is 28.8 Å². The molecular formula is C20H24FN3O2S. The number of piperidine rings is 1. The Hall–Kier alpha value is -2.15. The van der Waals surface area contributed by atoms with Crippen molar-refractivity contribution in [1.82, 2.24) is 14.9 Å². The van der Waals surface area contributed by atoms with Crippen LogP contribution in [0.2, 0.25) is 0 Å². The molecule has 3 rings (SSSR count). The van der Waals surface area contributed by atoms with Crippen molar-refractivity contribution in [2.24, 2.45) is 0 Å². The second kappa shape index (κ2) is 9.17. The van der Waals surface area contributed by atoms with Gasteiger partial charge in [0.2, 0.25) is 5.91 Å². The Morgan fingerprint density at radius 3 is 2.67 bits per heavy atom. The summed E-state index contributed by atoms with van der Waals surface area (Å²) in [4.78, 5) is 23.3. The van der Waals surface area contributed by atoms with E-state index in [1.165, 1.54) is 4.90 Å². The Kier molecular flexibility index (Phi) is 6.66. The van der Waals surface area contributed by atoms with Crippen LogP contribution < -0.4 is 4.74 Å². The van der Waals surface area contributed by atoms with Gasteiger partial charge in [-0.2, -0.15) is 0 Å². The lowest BCUT2D eigenvalue weighted by atomic mass is 10.1. The van der Waals surface area contributed by atoms with E-state index in [4.69, 9.17) is 4.74 Å². The van der Waals surface area contributed by atoms with E-state index in [1.54, 1.807) is 0 Å². The predicted molar refractivity (Wildman–Crippen MR) is 103 cm³/mol. The van der Waals surface area contributed by atoms with E-state index in [0.717, 1.165) is 37.3 Å². The van der Waals surface area contributed by atoms with Crippen LogP contribution in [0.15, 0.2) is 41.6 Å². The number of hydrogen-bond acceptors (Lipinski definition) is 5. The first kappa shape index (κ1) is 19.6. The average Bonchev–Trinajstić information content (AvgIpc) is 2.65. The van der Waals surface area contributed by atoms with Crippen LogP contribution in [0.25, 0.3) is 0 Å². The number of hydrogen-bond donors (Lipinski definition) is 0. The SMILES string of the molecule is CC(C)Sc1ccc(CC(=O)N2CCCC(Oc3ncc(F)cn3)C2)cc1. The number of ether oxygens (including phenoxy) is 1. The van der Waals surface area contributed by atoms with Crippen molar-refractivity contribution in [3.8, 4) is 6.01 Å². The quantitative estimate of drug-likeness (QED) is 0.705. The summed E-state index contributed by atoms with van der Waals surface area (Å²) in [5, 5.41) is 0.535. The van der Waals surface area contributed by atoms with Crippen molar-refractivity contribution in [1.29, 1.82) is 0 Å². The highest BCUT2D eigenvalue weighted by Crippen LogP contribution is 2.23. The summed E-state index contributed by atoms with van der Waals surface area (Å²) >= 11 is 1.81. The maximum Gasteiger partial charge on any atom is 0.316 e. The molecule has 1 amide bonds. The molecule has 1 aliphatic heterocycles. The molecule has 0 aliphatic carbocycles. The van der Waals surface area contributed by atoms with Gasteiger partial charge in [0.15, 0.2) is 5.82 Å². The highest BCUT2D eigenvalue weighted by molar-refractivity contribution is 7.99. The van der Waals surface area contributed by atoms with Gasteiger partial charge in [-0.3, -0.25) is 4.79 Å². The summed E-state index contributed by atoms with van der Waals surface area (Å²) in [6.07, 6.45) is 4.06. The van der Waals surface area contributed by atoms with E-state index >= 15 is 0 Å². The van der Waals surface area contributed by atoms with Gasteiger partial charge in [-0.15, -0.1) is 11.8 Å². The van der Waals surface area contributed by atoms with Crippen molar-refractivity contribution >= 4 is 17.7 Å². The Labute approximate surface area is 163 Å². The first-order valence-electron chi connectivity index (χ1n) is 9.17. The molecule has 1 atom stereocenters. The summed E-state index contributed by atoms with van der Waals surface area (Å²) in [6.45, 7) is 5.55. The molecule has 1 aromatic heterocycles. The molecule has 27 heavy (non-hydrogen) atoms. The first-order valence-corrected chi connectivity index (χ1v) is 10.0. The molecule has 144 valence electrons. The summed E-state index contributed by atoms with van der Waals surface area (Å²) in [5.74, 6) is -0.409. The van der Waals surface area contributed by atoms with E-state index in [9.17, 15) is 9.18 Å². The summed E-state index contributed by atoms with van der Waals surface area (Å²) in [7, 11) is 0. The Balaban J connectivity index is 1.54. The Morgan fingerprint density at radius 1 is 1.30 bits per heavy atom. The molecule has 2 aromatic rings. The van der Waals surface area contributed by atoms with Crippen molar-refractivity contribution in [2.75, 3.05) is 13.1 Å². The highest BCUT2D eigenvalue weighted by Gasteiger charge is 2.25. The number of halogens is 1. The second-order valence-corrected chi connectivity index (χ2v) is 8.54. The Morgan fingerprint density at radius 2 is 2.00 bits per heavy atom. The van der Waals surface area contributed by atoms with Gasteiger partial charge in [0, 0.05) is 16.7 Å². The van der Waals surface area contributed by atoms with Gasteiger partial charge in [-0.25, -0.2) is 14.4 Å². The Bertz CT molecular complexity index is 753. The van der Waals surface area contributed by atoms with Gasteiger partial charge in [0.1, 0.15) is 6.10 Å². The van der Waals surface area contributed by atoms with Gasteiger partial charge < -0.3 is 9.64 Å². The zero-order chi connectivity index (χ0) is 19.2. The molecule has 1 aromatic carbocycles. The molecule has 7 heteroatoms. The summed E-state index contributed by atoms with van der Waals surface area (Å²) < 4.78 is 18.6. The van der Waals surface area contributed by atoms with E-state index in [0.29, 0.717) is 18.2 Å². The largest absolute Gasteiger partial charge is 0.458 e. The minimum atomic E-state index is -0.499. The van der Waals surface area contributed by atoms with Crippen molar-refractivity contribution in [2.45, 2.75) is 49.4 Å². The monoisotopic (exact) mass is 389 g/mol. The minimum Gasteiger partial charge on any atom is -0.458 e. The molecule has 1 saturated heterocycles. The van der Waals surface area contributed by atoms with Crippen LogP contribution in [0.3, 0.4) is 0 Å². The molecule has 5 nitrogen and oxygen atoms in total. The van der Waals surface area contributed by atoms with Crippen LogP contribution in [0.5, 0.6) is 6.01 Å². The average molecular weight is 389 g/mol. The normalized spacial score (nSPS) is 17.2. The van der Waals surface area contributed by atoms with Gasteiger partial charge >= 0.3 is 6.01 Å². The van der Waals surface area contributed by atoms with Crippen molar-refractivity contribution in [3.63, 3.8) is 0 Å². The molecule has 0 radical (unpaired) electrons. The second-order valence-electron chi connectivity index (χ2n) is 6.89. The zero-order valence-corrected chi connectivity index (χ0v) is 16.4. The van der Waals surface area contributed by atoms with E-state index < -0.39 is 5.82 Å². The maximum absolute atomic E-state index is 12.9. The molecule has 1 fully saturated rings. The lowest BCUT2D eigenvalue weighted by Crippen LogP contribution is -2.45. The van der Waals surface area contributed by atoms with Gasteiger partial charge in [0.25, 0.3) is 0 Å². The smallest absolute Gasteiger partial charge is 0.316 e. The number of carbonyl (C=O) groups excluding carboxylic acids is 1. The molecule has 0 saturated carbocycles. The standard InChI is InChI=1S/C20H24FN3O2S/c1-14(2)27-18-7-5-15(6-8-18)10-19(25)24-9-3-4-17(13-24)26-20-22-11-16(21)12-23-20/h5-8,11-12,14,17H,3-4,9-10,13H2,1-2H3.